The molecule has 1 aromatic carbocycles. The van der Waals surface area contributed by atoms with Crippen LogP contribution >= 0.6 is 15.9 Å². The lowest BCUT2D eigenvalue weighted by molar-refractivity contribution is 0.0527. The molecule has 6 heteroatoms. The third kappa shape index (κ3) is 2.15. The predicted molar refractivity (Wildman–Crippen MR) is 69.8 cm³/mol. The highest BCUT2D eigenvalue weighted by molar-refractivity contribution is 9.10. The Morgan fingerprint density at radius 1 is 1.56 bits per heavy atom. The van der Waals surface area contributed by atoms with E-state index in [1.54, 1.807) is 6.92 Å². The van der Waals surface area contributed by atoms with Crippen molar-refractivity contribution < 1.29 is 13.9 Å². The van der Waals surface area contributed by atoms with E-state index in [0.717, 1.165) is 0 Å². The second kappa shape index (κ2) is 4.89. The number of hydrogen-bond donors (Lipinski definition) is 1. The SMILES string of the molecule is CCOC(=O)c1cnc2cc(F)c(Br)cc2c1N. The maximum Gasteiger partial charge on any atom is 0.341 e. The summed E-state index contributed by atoms with van der Waals surface area (Å²) in [4.78, 5) is 15.6. The molecule has 0 bridgehead atoms. The molecule has 94 valence electrons. The summed E-state index contributed by atoms with van der Waals surface area (Å²) < 4.78 is 18.5. The zero-order chi connectivity index (χ0) is 13.3. The monoisotopic (exact) mass is 312 g/mol. The van der Waals surface area contributed by atoms with Gasteiger partial charge in [-0.3, -0.25) is 4.98 Å². The van der Waals surface area contributed by atoms with Gasteiger partial charge in [0, 0.05) is 17.6 Å². The topological polar surface area (TPSA) is 65.2 Å². The Kier molecular flexibility index (Phi) is 3.47. The third-order valence-electron chi connectivity index (χ3n) is 2.45. The summed E-state index contributed by atoms with van der Waals surface area (Å²) in [5, 5.41) is 0.508. The van der Waals surface area contributed by atoms with E-state index in [1.807, 2.05) is 0 Å². The number of pyridine rings is 1. The summed E-state index contributed by atoms with van der Waals surface area (Å²) in [6.07, 6.45) is 1.29. The first-order valence-electron chi connectivity index (χ1n) is 5.25. The molecule has 0 aliphatic carbocycles. The normalized spacial score (nSPS) is 10.6. The lowest BCUT2D eigenvalue weighted by atomic mass is 10.1. The summed E-state index contributed by atoms with van der Waals surface area (Å²) in [5.41, 5.74) is 6.69. The lowest BCUT2D eigenvalue weighted by Gasteiger charge is -2.08. The van der Waals surface area contributed by atoms with Crippen molar-refractivity contribution in [2.45, 2.75) is 6.92 Å². The molecule has 1 aromatic heterocycles. The number of carbonyl (C=O) groups is 1. The van der Waals surface area contributed by atoms with Gasteiger partial charge in [0.25, 0.3) is 0 Å². The van der Waals surface area contributed by atoms with Crippen molar-refractivity contribution in [2.75, 3.05) is 12.3 Å². The van der Waals surface area contributed by atoms with Crippen molar-refractivity contribution in [3.8, 4) is 0 Å². The molecule has 0 unspecified atom stereocenters. The summed E-state index contributed by atoms with van der Waals surface area (Å²) in [5.74, 6) is -0.969. The highest BCUT2D eigenvalue weighted by Crippen LogP contribution is 2.28. The number of nitrogens with two attached hydrogens (primary N) is 1. The fourth-order valence-electron chi connectivity index (χ4n) is 1.58. The van der Waals surface area contributed by atoms with Crippen LogP contribution in [0.2, 0.25) is 0 Å². The number of nitrogens with zero attached hydrogens (tertiary/aromatic N) is 1. The maximum absolute atomic E-state index is 13.3. The predicted octanol–water partition coefficient (Wildman–Crippen LogP) is 2.90. The van der Waals surface area contributed by atoms with Crippen LogP contribution in [0.3, 0.4) is 0 Å². The van der Waals surface area contributed by atoms with Gasteiger partial charge in [-0.25, -0.2) is 9.18 Å². The average Bonchev–Trinajstić information content (AvgIpc) is 2.32. The number of hydrogen-bond acceptors (Lipinski definition) is 4. The fourth-order valence-corrected chi connectivity index (χ4v) is 1.92. The Morgan fingerprint density at radius 3 is 2.94 bits per heavy atom. The quantitative estimate of drug-likeness (QED) is 0.866. The van der Waals surface area contributed by atoms with E-state index in [-0.39, 0.29) is 22.3 Å². The summed E-state index contributed by atoms with van der Waals surface area (Å²) >= 11 is 3.07. The molecular formula is C12H10BrFN2O2. The van der Waals surface area contributed by atoms with Crippen LogP contribution in [0.4, 0.5) is 10.1 Å². The molecule has 4 nitrogen and oxygen atoms in total. The van der Waals surface area contributed by atoms with E-state index < -0.39 is 11.8 Å². The molecule has 0 aliphatic rings. The Bertz CT molecular complexity index is 631. The minimum absolute atomic E-state index is 0.183. The molecule has 0 atom stereocenters. The van der Waals surface area contributed by atoms with Gasteiger partial charge in [0.1, 0.15) is 11.4 Å². The second-order valence-electron chi connectivity index (χ2n) is 3.59. The molecule has 0 aliphatic heterocycles. The summed E-state index contributed by atoms with van der Waals surface area (Å²) in [6, 6.07) is 2.75. The van der Waals surface area contributed by atoms with Crippen molar-refractivity contribution in [1.82, 2.24) is 4.98 Å². The number of anilines is 1. The molecule has 0 spiro atoms. The van der Waals surface area contributed by atoms with Crippen molar-refractivity contribution in [1.29, 1.82) is 0 Å². The van der Waals surface area contributed by atoms with Gasteiger partial charge < -0.3 is 10.5 Å². The Balaban J connectivity index is 2.63. The minimum atomic E-state index is -0.537. The van der Waals surface area contributed by atoms with Crippen LogP contribution in [0, 0.1) is 5.82 Å². The number of benzene rings is 1. The molecule has 0 saturated carbocycles. The number of esters is 1. The van der Waals surface area contributed by atoms with E-state index >= 15 is 0 Å². The van der Waals surface area contributed by atoms with Gasteiger partial charge in [-0.15, -0.1) is 0 Å². The third-order valence-corrected chi connectivity index (χ3v) is 3.05. The number of rotatable bonds is 2. The van der Waals surface area contributed by atoms with Gasteiger partial charge >= 0.3 is 5.97 Å². The first kappa shape index (κ1) is 12.8. The maximum atomic E-state index is 13.3. The van der Waals surface area contributed by atoms with Gasteiger partial charge in [-0.1, -0.05) is 0 Å². The largest absolute Gasteiger partial charge is 0.462 e. The molecule has 0 saturated heterocycles. The van der Waals surface area contributed by atoms with Crippen LogP contribution in [0.25, 0.3) is 10.9 Å². The van der Waals surface area contributed by atoms with E-state index in [0.29, 0.717) is 10.9 Å². The molecule has 18 heavy (non-hydrogen) atoms. The number of ether oxygens (including phenoxy) is 1. The van der Waals surface area contributed by atoms with Crippen LogP contribution in [0.15, 0.2) is 22.8 Å². The van der Waals surface area contributed by atoms with Crippen molar-refractivity contribution in [3.63, 3.8) is 0 Å². The van der Waals surface area contributed by atoms with E-state index in [1.165, 1.54) is 18.3 Å². The van der Waals surface area contributed by atoms with E-state index in [4.69, 9.17) is 10.5 Å². The molecule has 2 N–H and O–H groups in total. The zero-order valence-electron chi connectivity index (χ0n) is 9.54. The standard InChI is InChI=1S/C12H10BrFN2O2/c1-2-18-12(17)7-5-16-10-4-9(14)8(13)3-6(10)11(7)15/h3-5H,2H2,1H3,(H2,15,16). The number of aromatic nitrogens is 1. The number of fused-ring (bicyclic) bond motifs is 1. The summed E-state index contributed by atoms with van der Waals surface area (Å²) in [6.45, 7) is 1.96. The van der Waals surface area contributed by atoms with Crippen LogP contribution in [0.5, 0.6) is 0 Å². The minimum Gasteiger partial charge on any atom is -0.462 e. The van der Waals surface area contributed by atoms with Crippen LogP contribution in [0.1, 0.15) is 17.3 Å². The molecule has 0 radical (unpaired) electrons. The average molecular weight is 313 g/mol. The lowest BCUT2D eigenvalue weighted by Crippen LogP contribution is -2.09. The first-order valence-corrected chi connectivity index (χ1v) is 6.04. The Hall–Kier alpha value is -1.69. The van der Waals surface area contributed by atoms with Crippen LogP contribution in [-0.4, -0.2) is 17.6 Å². The van der Waals surface area contributed by atoms with Crippen molar-refractivity contribution in [3.05, 3.63) is 34.2 Å². The molecule has 2 rings (SSSR count). The highest BCUT2D eigenvalue weighted by Gasteiger charge is 2.15. The molecule has 0 fully saturated rings. The number of carbonyl (C=O) groups excluding carboxylic acids is 1. The van der Waals surface area contributed by atoms with E-state index in [2.05, 4.69) is 20.9 Å². The van der Waals surface area contributed by atoms with Gasteiger partial charge in [-0.2, -0.15) is 0 Å². The van der Waals surface area contributed by atoms with Crippen LogP contribution in [-0.2, 0) is 4.74 Å². The van der Waals surface area contributed by atoms with Gasteiger partial charge in [0.15, 0.2) is 0 Å². The first-order chi connectivity index (χ1) is 8.54. The molecule has 1 heterocycles. The zero-order valence-corrected chi connectivity index (χ0v) is 11.1. The number of halogens is 2. The smallest absolute Gasteiger partial charge is 0.341 e. The highest BCUT2D eigenvalue weighted by atomic mass is 79.9. The van der Waals surface area contributed by atoms with E-state index in [9.17, 15) is 9.18 Å². The molecule has 0 amide bonds. The van der Waals surface area contributed by atoms with Gasteiger partial charge in [0.2, 0.25) is 0 Å². The molecular weight excluding hydrogens is 303 g/mol. The number of nitrogen functional groups attached to an aromatic ring is 1. The van der Waals surface area contributed by atoms with Crippen molar-refractivity contribution >= 4 is 38.5 Å². The van der Waals surface area contributed by atoms with Gasteiger partial charge in [-0.05, 0) is 28.9 Å². The Labute approximate surface area is 111 Å². The fraction of sp³-hybridized carbons (Fsp3) is 0.167. The van der Waals surface area contributed by atoms with Crippen LogP contribution < -0.4 is 5.73 Å². The summed E-state index contributed by atoms with van der Waals surface area (Å²) in [7, 11) is 0. The molecule has 2 aromatic rings. The second-order valence-corrected chi connectivity index (χ2v) is 4.44. The van der Waals surface area contributed by atoms with Crippen molar-refractivity contribution in [2.24, 2.45) is 0 Å². The Morgan fingerprint density at radius 2 is 2.28 bits per heavy atom. The van der Waals surface area contributed by atoms with Gasteiger partial charge in [0.05, 0.1) is 22.3 Å².